The predicted molar refractivity (Wildman–Crippen MR) is 127 cm³/mol. The molecule has 31 heavy (non-hydrogen) atoms. The molecule has 0 unspecified atom stereocenters. The summed E-state index contributed by atoms with van der Waals surface area (Å²) in [6.07, 6.45) is 1.55. The molecule has 0 saturated carbocycles. The van der Waals surface area contributed by atoms with Crippen molar-refractivity contribution in [3.8, 4) is 17.2 Å². The summed E-state index contributed by atoms with van der Waals surface area (Å²) in [7, 11) is 4.47. The van der Waals surface area contributed by atoms with Crippen molar-refractivity contribution in [1.82, 2.24) is 4.90 Å². The van der Waals surface area contributed by atoms with E-state index in [1.54, 1.807) is 30.3 Å². The fourth-order valence-electron chi connectivity index (χ4n) is 2.85. The van der Waals surface area contributed by atoms with E-state index in [-0.39, 0.29) is 11.4 Å². The molecular formula is C21H19IN2O6S. The third-order valence-corrected chi connectivity index (χ3v) is 5.91. The standard InChI is InChI=1S/C21H19IN2O6S/c1-28-15-8-12(9-16(29-2)19(15)30-3)10-17-20(26)24(21(27)31-17)11-18(25)23-14-6-4-13(22)5-7-14/h4-10H,11H2,1-3H3,(H,23,25)/b17-10+. The molecule has 1 aliphatic heterocycles. The molecule has 3 amide bonds. The predicted octanol–water partition coefficient (Wildman–Crippen LogP) is 3.99. The van der Waals surface area contributed by atoms with Gasteiger partial charge in [-0.15, -0.1) is 0 Å². The first kappa shape index (κ1) is 22.9. The van der Waals surface area contributed by atoms with Crippen LogP contribution >= 0.6 is 34.4 Å². The van der Waals surface area contributed by atoms with Crippen LogP contribution in [-0.4, -0.2) is 49.8 Å². The van der Waals surface area contributed by atoms with E-state index >= 15 is 0 Å². The Labute approximate surface area is 197 Å². The van der Waals surface area contributed by atoms with Gasteiger partial charge in [0, 0.05) is 9.26 Å². The largest absolute Gasteiger partial charge is 0.493 e. The van der Waals surface area contributed by atoms with Crippen LogP contribution in [-0.2, 0) is 9.59 Å². The van der Waals surface area contributed by atoms with Gasteiger partial charge in [-0.3, -0.25) is 19.3 Å². The van der Waals surface area contributed by atoms with Crippen LogP contribution in [0.15, 0.2) is 41.3 Å². The van der Waals surface area contributed by atoms with Crippen LogP contribution in [0.4, 0.5) is 10.5 Å². The highest BCUT2D eigenvalue weighted by Crippen LogP contribution is 2.40. The van der Waals surface area contributed by atoms with E-state index in [2.05, 4.69) is 27.9 Å². The number of anilines is 1. The van der Waals surface area contributed by atoms with Crippen LogP contribution in [0.5, 0.6) is 17.2 Å². The van der Waals surface area contributed by atoms with Gasteiger partial charge in [0.15, 0.2) is 11.5 Å². The van der Waals surface area contributed by atoms with Crippen LogP contribution in [0.25, 0.3) is 6.08 Å². The molecule has 0 atom stereocenters. The number of imide groups is 1. The average Bonchev–Trinajstić information content (AvgIpc) is 3.01. The molecular weight excluding hydrogens is 535 g/mol. The lowest BCUT2D eigenvalue weighted by Gasteiger charge is -2.13. The zero-order valence-corrected chi connectivity index (χ0v) is 19.9. The minimum atomic E-state index is -0.540. The lowest BCUT2D eigenvalue weighted by Crippen LogP contribution is -2.36. The molecule has 0 bridgehead atoms. The maximum absolute atomic E-state index is 12.7. The van der Waals surface area contributed by atoms with E-state index < -0.39 is 17.1 Å². The number of rotatable bonds is 7. The Morgan fingerprint density at radius 3 is 2.23 bits per heavy atom. The molecule has 2 aromatic carbocycles. The SMILES string of the molecule is COc1cc(/C=C2/SC(=O)N(CC(=O)Nc3ccc(I)cc3)C2=O)cc(OC)c1OC. The molecule has 1 saturated heterocycles. The van der Waals surface area contributed by atoms with Crippen molar-refractivity contribution in [1.29, 1.82) is 0 Å². The van der Waals surface area contributed by atoms with Gasteiger partial charge in [0.05, 0.1) is 26.2 Å². The van der Waals surface area contributed by atoms with Crippen molar-refractivity contribution in [2.75, 3.05) is 33.2 Å². The Kier molecular flexibility index (Phi) is 7.44. The summed E-state index contributed by atoms with van der Waals surface area (Å²) in [5, 5.41) is 2.17. The lowest BCUT2D eigenvalue weighted by atomic mass is 10.1. The van der Waals surface area contributed by atoms with Crippen LogP contribution in [0.3, 0.4) is 0 Å². The summed E-state index contributed by atoms with van der Waals surface area (Å²) >= 11 is 2.93. The quantitative estimate of drug-likeness (QED) is 0.409. The maximum atomic E-state index is 12.7. The molecule has 0 spiro atoms. The fraction of sp³-hybridized carbons (Fsp3) is 0.190. The second kappa shape index (κ2) is 10.1. The number of thioether (sulfide) groups is 1. The topological polar surface area (TPSA) is 94.2 Å². The maximum Gasteiger partial charge on any atom is 0.294 e. The Morgan fingerprint density at radius 2 is 1.68 bits per heavy atom. The van der Waals surface area contributed by atoms with Crippen LogP contribution in [0, 0.1) is 3.57 Å². The average molecular weight is 554 g/mol. The summed E-state index contributed by atoms with van der Waals surface area (Å²) in [4.78, 5) is 38.5. The Hall–Kier alpha value is -2.73. The molecule has 1 aliphatic rings. The van der Waals surface area contributed by atoms with Gasteiger partial charge in [-0.25, -0.2) is 0 Å². The van der Waals surface area contributed by atoms with Crippen molar-refractivity contribution >= 4 is 63.2 Å². The summed E-state index contributed by atoms with van der Waals surface area (Å²) < 4.78 is 16.9. The summed E-state index contributed by atoms with van der Waals surface area (Å²) in [5.41, 5.74) is 1.17. The van der Waals surface area contributed by atoms with Crippen LogP contribution in [0.2, 0.25) is 0 Å². The van der Waals surface area contributed by atoms with E-state index in [1.807, 2.05) is 12.1 Å². The molecule has 0 aromatic heterocycles. The van der Waals surface area contributed by atoms with Crippen LogP contribution < -0.4 is 19.5 Å². The van der Waals surface area contributed by atoms with E-state index in [4.69, 9.17) is 14.2 Å². The monoisotopic (exact) mass is 554 g/mol. The number of benzene rings is 2. The third-order valence-electron chi connectivity index (χ3n) is 4.29. The van der Waals surface area contributed by atoms with Gasteiger partial charge in [-0.1, -0.05) is 0 Å². The number of nitrogens with one attached hydrogen (secondary N) is 1. The van der Waals surface area contributed by atoms with Crippen molar-refractivity contribution in [2.45, 2.75) is 0 Å². The lowest BCUT2D eigenvalue weighted by molar-refractivity contribution is -0.127. The number of hydrogen-bond acceptors (Lipinski definition) is 7. The molecule has 10 heteroatoms. The summed E-state index contributed by atoms with van der Waals surface area (Å²) in [6.45, 7) is -0.372. The number of hydrogen-bond donors (Lipinski definition) is 1. The molecule has 1 heterocycles. The van der Waals surface area contributed by atoms with E-state index in [0.717, 1.165) is 20.2 Å². The van der Waals surface area contributed by atoms with Gasteiger partial charge in [0.25, 0.3) is 11.1 Å². The number of methoxy groups -OCH3 is 3. The number of carbonyl (C=O) groups is 3. The summed E-state index contributed by atoms with van der Waals surface area (Å²) in [5.74, 6) is 0.259. The number of nitrogens with zero attached hydrogens (tertiary/aromatic N) is 1. The van der Waals surface area contributed by atoms with Crippen molar-refractivity contribution < 1.29 is 28.6 Å². The Morgan fingerprint density at radius 1 is 1.06 bits per heavy atom. The molecule has 162 valence electrons. The zero-order chi connectivity index (χ0) is 22.5. The number of ether oxygens (including phenoxy) is 3. The minimum Gasteiger partial charge on any atom is -0.493 e. The van der Waals surface area contributed by atoms with Gasteiger partial charge in [-0.2, -0.15) is 0 Å². The molecule has 8 nitrogen and oxygen atoms in total. The first-order chi connectivity index (χ1) is 14.9. The van der Waals surface area contributed by atoms with Crippen molar-refractivity contribution in [3.63, 3.8) is 0 Å². The van der Waals surface area contributed by atoms with Gasteiger partial charge < -0.3 is 19.5 Å². The first-order valence-corrected chi connectivity index (χ1v) is 10.9. The highest BCUT2D eigenvalue weighted by Gasteiger charge is 2.36. The highest BCUT2D eigenvalue weighted by molar-refractivity contribution is 14.1. The van der Waals surface area contributed by atoms with Crippen LogP contribution in [0.1, 0.15) is 5.56 Å². The van der Waals surface area contributed by atoms with Gasteiger partial charge in [0.1, 0.15) is 6.54 Å². The first-order valence-electron chi connectivity index (χ1n) is 8.97. The number of carbonyl (C=O) groups excluding carboxylic acids is 3. The van der Waals surface area contributed by atoms with E-state index in [0.29, 0.717) is 28.5 Å². The minimum absolute atomic E-state index is 0.196. The molecule has 1 fully saturated rings. The number of halogens is 1. The second-order valence-corrected chi connectivity index (χ2v) is 8.52. The van der Waals surface area contributed by atoms with Gasteiger partial charge in [-0.05, 0) is 82.4 Å². The van der Waals surface area contributed by atoms with Crippen molar-refractivity contribution in [2.24, 2.45) is 0 Å². The second-order valence-electron chi connectivity index (χ2n) is 6.28. The summed E-state index contributed by atoms with van der Waals surface area (Å²) in [6, 6.07) is 10.5. The normalized spacial score (nSPS) is 14.7. The molecule has 0 aliphatic carbocycles. The van der Waals surface area contributed by atoms with Crippen molar-refractivity contribution in [3.05, 3.63) is 50.4 Å². The molecule has 2 aromatic rings. The van der Waals surface area contributed by atoms with Gasteiger partial charge in [0.2, 0.25) is 11.7 Å². The Bertz CT molecular complexity index is 1030. The van der Waals surface area contributed by atoms with E-state index in [9.17, 15) is 14.4 Å². The molecule has 1 N–H and O–H groups in total. The highest BCUT2D eigenvalue weighted by atomic mass is 127. The fourth-order valence-corrected chi connectivity index (χ4v) is 4.05. The molecule has 0 radical (unpaired) electrons. The zero-order valence-electron chi connectivity index (χ0n) is 16.9. The van der Waals surface area contributed by atoms with E-state index in [1.165, 1.54) is 21.3 Å². The smallest absolute Gasteiger partial charge is 0.294 e. The molecule has 3 rings (SSSR count). The van der Waals surface area contributed by atoms with Gasteiger partial charge >= 0.3 is 0 Å². The Balaban J connectivity index is 1.77. The number of amides is 3. The third kappa shape index (κ3) is 5.31.